The highest BCUT2D eigenvalue weighted by molar-refractivity contribution is 6.27. The summed E-state index contributed by atoms with van der Waals surface area (Å²) in [6, 6.07) is -0.358. The van der Waals surface area contributed by atoms with Crippen molar-refractivity contribution in [1.82, 2.24) is 0 Å². The molecule has 0 aromatic carbocycles. The number of carboxylic acids is 2. The molecule has 2 rings (SSSR count). The van der Waals surface area contributed by atoms with Crippen LogP contribution in [-0.4, -0.2) is 38.9 Å². The fraction of sp³-hybridized carbons (Fsp3) is 0.667. The van der Waals surface area contributed by atoms with Gasteiger partial charge in [0.25, 0.3) is 0 Å². The molecule has 2 aliphatic rings. The Hall–Kier alpha value is -1.99. The molecule has 2 fully saturated rings. The maximum Gasteiger partial charge on any atom is 0.414 e. The average molecular weight is 245 g/mol. The summed E-state index contributed by atoms with van der Waals surface area (Å²) in [6.45, 7) is 0. The van der Waals surface area contributed by atoms with Gasteiger partial charge in [-0.3, -0.25) is 14.9 Å². The molecule has 8 nitrogen and oxygen atoms in total. The number of nitrogens with zero attached hydrogens (tertiary/aromatic N) is 1. The molecule has 2 saturated carbocycles. The molecule has 0 aromatic heterocycles. The molecule has 2 aliphatic carbocycles. The molecule has 0 amide bonds. The lowest BCUT2D eigenvalue weighted by Crippen LogP contribution is -2.52. The molecular formula is C9H11NO7. The SMILES string of the molecule is O=C(O)C(=O)O.O=C1CC2(C1)CC([N+](=O)[O-])C2. The zero-order valence-corrected chi connectivity index (χ0v) is 8.79. The van der Waals surface area contributed by atoms with Crippen molar-refractivity contribution in [1.29, 1.82) is 0 Å². The summed E-state index contributed by atoms with van der Waals surface area (Å²) in [5.41, 5.74) is 0.0782. The number of hydrogen-bond acceptors (Lipinski definition) is 5. The van der Waals surface area contributed by atoms with Gasteiger partial charge in [-0.05, 0) is 5.41 Å². The van der Waals surface area contributed by atoms with Crippen molar-refractivity contribution in [3.8, 4) is 0 Å². The molecule has 0 saturated heterocycles. The highest BCUT2D eigenvalue weighted by Crippen LogP contribution is 2.54. The first-order valence-corrected chi connectivity index (χ1v) is 4.87. The second kappa shape index (κ2) is 4.48. The Morgan fingerprint density at radius 2 is 1.65 bits per heavy atom. The van der Waals surface area contributed by atoms with Gasteiger partial charge in [0.1, 0.15) is 5.78 Å². The molecule has 0 heterocycles. The maximum absolute atomic E-state index is 10.6. The van der Waals surface area contributed by atoms with Crippen LogP contribution in [0.15, 0.2) is 0 Å². The van der Waals surface area contributed by atoms with Crippen LogP contribution >= 0.6 is 0 Å². The van der Waals surface area contributed by atoms with Crippen LogP contribution in [0.25, 0.3) is 0 Å². The minimum absolute atomic E-state index is 0.0782. The first-order chi connectivity index (χ1) is 7.76. The van der Waals surface area contributed by atoms with Gasteiger partial charge < -0.3 is 10.2 Å². The average Bonchev–Trinajstić information content (AvgIpc) is 2.09. The second-order valence-electron chi connectivity index (χ2n) is 4.35. The number of nitro groups is 1. The van der Waals surface area contributed by atoms with E-state index in [0.717, 1.165) is 0 Å². The highest BCUT2D eigenvalue weighted by atomic mass is 16.6. The van der Waals surface area contributed by atoms with Crippen molar-refractivity contribution < 1.29 is 29.5 Å². The maximum atomic E-state index is 10.6. The highest BCUT2D eigenvalue weighted by Gasteiger charge is 2.57. The normalized spacial score (nSPS) is 20.6. The third-order valence-corrected chi connectivity index (χ3v) is 2.96. The lowest BCUT2D eigenvalue weighted by atomic mass is 9.53. The van der Waals surface area contributed by atoms with Crippen LogP contribution in [0.1, 0.15) is 25.7 Å². The summed E-state index contributed by atoms with van der Waals surface area (Å²) >= 11 is 0. The Morgan fingerprint density at radius 1 is 1.24 bits per heavy atom. The van der Waals surface area contributed by atoms with E-state index >= 15 is 0 Å². The molecule has 0 radical (unpaired) electrons. The molecule has 17 heavy (non-hydrogen) atoms. The quantitative estimate of drug-likeness (QED) is 0.375. The van der Waals surface area contributed by atoms with Crippen LogP contribution in [0.2, 0.25) is 0 Å². The molecule has 2 N–H and O–H groups in total. The third-order valence-electron chi connectivity index (χ3n) is 2.96. The Kier molecular flexibility index (Phi) is 3.45. The Bertz CT molecular complexity index is 361. The predicted octanol–water partition coefficient (Wildman–Crippen LogP) is -0.0696. The molecule has 0 bridgehead atoms. The van der Waals surface area contributed by atoms with Crippen molar-refractivity contribution in [3.05, 3.63) is 10.1 Å². The molecule has 0 aliphatic heterocycles. The zero-order chi connectivity index (χ0) is 13.2. The van der Waals surface area contributed by atoms with E-state index in [9.17, 15) is 14.9 Å². The number of rotatable bonds is 1. The summed E-state index contributed by atoms with van der Waals surface area (Å²) in [7, 11) is 0. The number of carbonyl (C=O) groups excluding carboxylic acids is 1. The second-order valence-corrected chi connectivity index (χ2v) is 4.35. The summed E-state index contributed by atoms with van der Waals surface area (Å²) in [6.07, 6.45) is 2.45. The minimum atomic E-state index is -1.82. The Morgan fingerprint density at radius 3 is 1.88 bits per heavy atom. The molecule has 0 unspecified atom stereocenters. The van der Waals surface area contributed by atoms with E-state index < -0.39 is 11.9 Å². The topological polar surface area (TPSA) is 135 Å². The van der Waals surface area contributed by atoms with Gasteiger partial charge in [-0.15, -0.1) is 0 Å². The zero-order valence-electron chi connectivity index (χ0n) is 8.79. The van der Waals surface area contributed by atoms with E-state index in [1.54, 1.807) is 0 Å². The Balaban J connectivity index is 0.000000209. The van der Waals surface area contributed by atoms with E-state index in [1.165, 1.54) is 0 Å². The molecule has 0 aromatic rings. The van der Waals surface area contributed by atoms with E-state index in [1.807, 2.05) is 0 Å². The lowest BCUT2D eigenvalue weighted by molar-refractivity contribution is -0.548. The number of ketones is 1. The van der Waals surface area contributed by atoms with Crippen molar-refractivity contribution in [2.45, 2.75) is 31.7 Å². The van der Waals surface area contributed by atoms with E-state index in [0.29, 0.717) is 25.7 Å². The Labute approximate surface area is 95.4 Å². The number of aliphatic carboxylic acids is 2. The van der Waals surface area contributed by atoms with Crippen LogP contribution in [0.3, 0.4) is 0 Å². The fourth-order valence-electron chi connectivity index (χ4n) is 2.16. The van der Waals surface area contributed by atoms with Crippen molar-refractivity contribution >= 4 is 17.7 Å². The number of carbonyl (C=O) groups is 3. The van der Waals surface area contributed by atoms with Gasteiger partial charge in [0.15, 0.2) is 0 Å². The standard InChI is InChI=1S/C7H9NO3.C2H2O4/c9-6-3-7(4-6)1-5(2-7)8(10)11;3-1(4)2(5)6/h5H,1-4H2;(H,3,4)(H,5,6). The van der Waals surface area contributed by atoms with Crippen LogP contribution in [-0.2, 0) is 14.4 Å². The summed E-state index contributed by atoms with van der Waals surface area (Å²) in [5.74, 6) is -3.38. The lowest BCUT2D eigenvalue weighted by Gasteiger charge is -2.48. The fourth-order valence-corrected chi connectivity index (χ4v) is 2.16. The first-order valence-electron chi connectivity index (χ1n) is 4.87. The van der Waals surface area contributed by atoms with Gasteiger partial charge in [-0.1, -0.05) is 0 Å². The third kappa shape index (κ3) is 2.99. The van der Waals surface area contributed by atoms with Crippen molar-refractivity contribution in [2.75, 3.05) is 0 Å². The van der Waals surface area contributed by atoms with Crippen LogP contribution in [0.4, 0.5) is 0 Å². The summed E-state index contributed by atoms with van der Waals surface area (Å²) in [5, 5.41) is 25.0. The van der Waals surface area contributed by atoms with Gasteiger partial charge >= 0.3 is 11.9 Å². The van der Waals surface area contributed by atoms with Gasteiger partial charge in [0.2, 0.25) is 6.04 Å². The van der Waals surface area contributed by atoms with Crippen LogP contribution in [0, 0.1) is 15.5 Å². The summed E-state index contributed by atoms with van der Waals surface area (Å²) in [4.78, 5) is 38.8. The number of Topliss-reactive ketones (excluding diaryl/α,β-unsaturated/α-hetero) is 1. The van der Waals surface area contributed by atoms with Crippen molar-refractivity contribution in [3.63, 3.8) is 0 Å². The molecule has 8 heteroatoms. The van der Waals surface area contributed by atoms with Gasteiger partial charge in [-0.2, -0.15) is 0 Å². The van der Waals surface area contributed by atoms with Crippen molar-refractivity contribution in [2.24, 2.45) is 5.41 Å². The predicted molar refractivity (Wildman–Crippen MR) is 52.0 cm³/mol. The largest absolute Gasteiger partial charge is 0.473 e. The number of carboxylic acid groups (broad SMARTS) is 2. The smallest absolute Gasteiger partial charge is 0.414 e. The monoisotopic (exact) mass is 245 g/mol. The van der Waals surface area contributed by atoms with Crippen LogP contribution in [0.5, 0.6) is 0 Å². The van der Waals surface area contributed by atoms with Gasteiger partial charge in [0, 0.05) is 30.6 Å². The van der Waals surface area contributed by atoms with E-state index in [4.69, 9.17) is 19.8 Å². The van der Waals surface area contributed by atoms with Gasteiger partial charge in [-0.25, -0.2) is 9.59 Å². The first kappa shape index (κ1) is 13.1. The van der Waals surface area contributed by atoms with E-state index in [-0.39, 0.29) is 22.2 Å². The number of hydrogen-bond donors (Lipinski definition) is 2. The van der Waals surface area contributed by atoms with Crippen LogP contribution < -0.4 is 0 Å². The van der Waals surface area contributed by atoms with Gasteiger partial charge in [0.05, 0.1) is 0 Å². The molecule has 94 valence electrons. The molecule has 1 spiro atoms. The molecular weight excluding hydrogens is 234 g/mol. The van der Waals surface area contributed by atoms with E-state index in [2.05, 4.69) is 0 Å². The minimum Gasteiger partial charge on any atom is -0.473 e. The summed E-state index contributed by atoms with van der Waals surface area (Å²) < 4.78 is 0. The molecule has 0 atom stereocenters.